The summed E-state index contributed by atoms with van der Waals surface area (Å²) in [5, 5.41) is 2.87. The smallest absolute Gasteiger partial charge is 0.227 e. The van der Waals surface area contributed by atoms with Gasteiger partial charge in [0.05, 0.1) is 6.42 Å². The molecule has 5 heteroatoms. The first-order valence-electron chi connectivity index (χ1n) is 8.01. The van der Waals surface area contributed by atoms with Gasteiger partial charge >= 0.3 is 0 Å². The van der Waals surface area contributed by atoms with Crippen LogP contribution in [0, 0.1) is 0 Å². The Balaban J connectivity index is 1.32. The molecule has 0 N–H and O–H groups in total. The molecule has 0 spiro atoms. The van der Waals surface area contributed by atoms with Crippen molar-refractivity contribution >= 4 is 28.8 Å². The van der Waals surface area contributed by atoms with Gasteiger partial charge in [-0.3, -0.25) is 9.69 Å². The van der Waals surface area contributed by atoms with Gasteiger partial charge in [0.25, 0.3) is 0 Å². The first-order chi connectivity index (χ1) is 11.2. The minimum absolute atomic E-state index is 0.183. The first kappa shape index (κ1) is 15.2. The van der Waals surface area contributed by atoms with Gasteiger partial charge in [-0.2, -0.15) is 0 Å². The SMILES string of the molecule is O=C(Cc1ccccc1Cl)N1CC(N2CCc3sccc3C2)C1. The molecule has 0 atom stereocenters. The molecule has 0 unspecified atom stereocenters. The molecule has 1 amide bonds. The van der Waals surface area contributed by atoms with Crippen molar-refractivity contribution in [1.29, 1.82) is 0 Å². The number of fused-ring (bicyclic) bond motifs is 1. The Morgan fingerprint density at radius 1 is 1.26 bits per heavy atom. The molecule has 1 saturated heterocycles. The number of likely N-dealkylation sites (tertiary alicyclic amines) is 1. The zero-order chi connectivity index (χ0) is 15.8. The Labute approximate surface area is 145 Å². The summed E-state index contributed by atoms with van der Waals surface area (Å²) in [5.74, 6) is 0.183. The predicted octanol–water partition coefficient (Wildman–Crippen LogP) is 3.21. The van der Waals surface area contributed by atoms with E-state index in [1.165, 1.54) is 10.4 Å². The van der Waals surface area contributed by atoms with E-state index >= 15 is 0 Å². The van der Waals surface area contributed by atoms with Crippen LogP contribution in [0.5, 0.6) is 0 Å². The summed E-state index contributed by atoms with van der Waals surface area (Å²) in [6.45, 7) is 3.85. The van der Waals surface area contributed by atoms with Crippen molar-refractivity contribution in [3.05, 3.63) is 56.7 Å². The molecule has 1 aromatic carbocycles. The lowest BCUT2D eigenvalue weighted by molar-refractivity contribution is -0.138. The molecule has 0 aliphatic carbocycles. The number of amides is 1. The normalized spacial score (nSPS) is 18.6. The van der Waals surface area contributed by atoms with Crippen molar-refractivity contribution in [3.8, 4) is 0 Å². The standard InChI is InChI=1S/C18H19ClN2OS/c19-16-4-2-1-3-13(16)9-18(22)21-11-15(12-21)20-7-5-17-14(10-20)6-8-23-17/h1-4,6,8,15H,5,7,9-12H2. The maximum atomic E-state index is 12.4. The van der Waals surface area contributed by atoms with E-state index in [1.807, 2.05) is 40.5 Å². The van der Waals surface area contributed by atoms with Crippen LogP contribution in [0.15, 0.2) is 35.7 Å². The van der Waals surface area contributed by atoms with Gasteiger partial charge in [0.15, 0.2) is 0 Å². The van der Waals surface area contributed by atoms with Gasteiger partial charge in [0, 0.05) is 42.1 Å². The van der Waals surface area contributed by atoms with Gasteiger partial charge in [0.2, 0.25) is 5.91 Å². The van der Waals surface area contributed by atoms with Crippen LogP contribution >= 0.6 is 22.9 Å². The molecule has 120 valence electrons. The number of rotatable bonds is 3. The van der Waals surface area contributed by atoms with Gasteiger partial charge in [-0.15, -0.1) is 11.3 Å². The monoisotopic (exact) mass is 346 g/mol. The van der Waals surface area contributed by atoms with Gasteiger partial charge in [-0.25, -0.2) is 0 Å². The largest absolute Gasteiger partial charge is 0.339 e. The van der Waals surface area contributed by atoms with Gasteiger partial charge in [-0.1, -0.05) is 29.8 Å². The molecule has 4 rings (SSSR count). The van der Waals surface area contributed by atoms with E-state index in [9.17, 15) is 4.79 Å². The summed E-state index contributed by atoms with van der Waals surface area (Å²) in [5.41, 5.74) is 2.39. The molecule has 2 aromatic rings. The van der Waals surface area contributed by atoms with E-state index in [0.29, 0.717) is 17.5 Å². The third kappa shape index (κ3) is 3.03. The number of carbonyl (C=O) groups excluding carboxylic acids is 1. The van der Waals surface area contributed by atoms with E-state index in [4.69, 9.17) is 11.6 Å². The first-order valence-corrected chi connectivity index (χ1v) is 9.27. The van der Waals surface area contributed by atoms with Crippen molar-refractivity contribution in [2.75, 3.05) is 19.6 Å². The molecule has 1 aromatic heterocycles. The lowest BCUT2D eigenvalue weighted by Crippen LogP contribution is -2.61. The number of hydrogen-bond acceptors (Lipinski definition) is 3. The second-order valence-electron chi connectivity index (χ2n) is 6.31. The molecule has 2 aliphatic heterocycles. The lowest BCUT2D eigenvalue weighted by atomic mass is 10.0. The molecule has 2 aliphatic rings. The molecule has 0 bridgehead atoms. The van der Waals surface area contributed by atoms with E-state index in [-0.39, 0.29) is 5.91 Å². The number of hydrogen-bond donors (Lipinski definition) is 0. The Morgan fingerprint density at radius 3 is 2.91 bits per heavy atom. The lowest BCUT2D eigenvalue weighted by Gasteiger charge is -2.46. The number of benzene rings is 1. The Hall–Kier alpha value is -1.36. The number of carbonyl (C=O) groups is 1. The van der Waals surface area contributed by atoms with Crippen molar-refractivity contribution < 1.29 is 4.79 Å². The second-order valence-corrected chi connectivity index (χ2v) is 7.72. The second kappa shape index (κ2) is 6.27. The Bertz CT molecular complexity index is 723. The molecular formula is C18H19ClN2OS. The third-order valence-electron chi connectivity index (χ3n) is 4.87. The minimum Gasteiger partial charge on any atom is -0.339 e. The van der Waals surface area contributed by atoms with Crippen molar-refractivity contribution in [1.82, 2.24) is 9.80 Å². The van der Waals surface area contributed by atoms with Crippen molar-refractivity contribution in [2.24, 2.45) is 0 Å². The van der Waals surface area contributed by atoms with Crippen LogP contribution in [-0.4, -0.2) is 41.4 Å². The fraction of sp³-hybridized carbons (Fsp3) is 0.389. The maximum absolute atomic E-state index is 12.4. The number of halogens is 1. The average Bonchev–Trinajstić information content (AvgIpc) is 2.96. The number of thiophene rings is 1. The highest BCUT2D eigenvalue weighted by atomic mass is 35.5. The third-order valence-corrected chi connectivity index (χ3v) is 6.26. The van der Waals surface area contributed by atoms with E-state index in [0.717, 1.165) is 38.2 Å². The van der Waals surface area contributed by atoms with Crippen LogP contribution in [-0.2, 0) is 24.2 Å². The summed E-state index contributed by atoms with van der Waals surface area (Å²) in [6, 6.07) is 10.4. The summed E-state index contributed by atoms with van der Waals surface area (Å²) < 4.78 is 0. The summed E-state index contributed by atoms with van der Waals surface area (Å²) >= 11 is 8.01. The van der Waals surface area contributed by atoms with E-state index < -0.39 is 0 Å². The van der Waals surface area contributed by atoms with E-state index in [2.05, 4.69) is 16.3 Å². The van der Waals surface area contributed by atoms with Crippen LogP contribution in [0.3, 0.4) is 0 Å². The predicted molar refractivity (Wildman–Crippen MR) is 94.0 cm³/mol. The fourth-order valence-electron chi connectivity index (χ4n) is 3.39. The molecule has 0 radical (unpaired) electrons. The number of nitrogens with zero attached hydrogens (tertiary/aromatic N) is 2. The maximum Gasteiger partial charge on any atom is 0.227 e. The van der Waals surface area contributed by atoms with Crippen LogP contribution in [0.4, 0.5) is 0 Å². The molecule has 1 fully saturated rings. The van der Waals surface area contributed by atoms with Gasteiger partial charge in [0.1, 0.15) is 0 Å². The van der Waals surface area contributed by atoms with E-state index in [1.54, 1.807) is 0 Å². The summed E-state index contributed by atoms with van der Waals surface area (Å²) in [4.78, 5) is 18.4. The Kier molecular flexibility index (Phi) is 4.14. The van der Waals surface area contributed by atoms with Crippen LogP contribution in [0.2, 0.25) is 5.02 Å². The quantitative estimate of drug-likeness (QED) is 0.852. The highest BCUT2D eigenvalue weighted by Gasteiger charge is 2.36. The minimum atomic E-state index is 0.183. The highest BCUT2D eigenvalue weighted by molar-refractivity contribution is 7.10. The molecule has 3 nitrogen and oxygen atoms in total. The fourth-order valence-corrected chi connectivity index (χ4v) is 4.48. The van der Waals surface area contributed by atoms with Crippen LogP contribution < -0.4 is 0 Å². The molecule has 23 heavy (non-hydrogen) atoms. The van der Waals surface area contributed by atoms with Gasteiger partial charge in [-0.05, 0) is 35.1 Å². The van der Waals surface area contributed by atoms with Crippen molar-refractivity contribution in [2.45, 2.75) is 25.4 Å². The van der Waals surface area contributed by atoms with Crippen molar-refractivity contribution in [3.63, 3.8) is 0 Å². The Morgan fingerprint density at radius 2 is 2.09 bits per heavy atom. The average molecular weight is 347 g/mol. The van der Waals surface area contributed by atoms with Crippen LogP contribution in [0.25, 0.3) is 0 Å². The molecule has 0 saturated carbocycles. The molecule has 3 heterocycles. The zero-order valence-corrected chi connectivity index (χ0v) is 14.4. The molecular weight excluding hydrogens is 328 g/mol. The van der Waals surface area contributed by atoms with Gasteiger partial charge < -0.3 is 4.90 Å². The topological polar surface area (TPSA) is 23.6 Å². The summed E-state index contributed by atoms with van der Waals surface area (Å²) in [6.07, 6.45) is 1.55. The zero-order valence-electron chi connectivity index (χ0n) is 12.9. The van der Waals surface area contributed by atoms with Crippen LogP contribution in [0.1, 0.15) is 16.0 Å². The highest BCUT2D eigenvalue weighted by Crippen LogP contribution is 2.28. The summed E-state index contributed by atoms with van der Waals surface area (Å²) in [7, 11) is 0.